The Bertz CT molecular complexity index is 367. The van der Waals surface area contributed by atoms with E-state index in [1.54, 1.807) is 13.8 Å². The van der Waals surface area contributed by atoms with E-state index in [4.69, 9.17) is 5.26 Å². The molecule has 6 nitrogen and oxygen atoms in total. The number of hydrogen-bond donors (Lipinski definition) is 2. The van der Waals surface area contributed by atoms with Crippen LogP contribution in [-0.4, -0.2) is 33.7 Å². The zero-order valence-electron chi connectivity index (χ0n) is 8.99. The lowest BCUT2D eigenvalue weighted by molar-refractivity contribution is -0.128. The lowest BCUT2D eigenvalue weighted by atomic mass is 9.93. The molecule has 0 aromatic carbocycles. The topological polar surface area (TPSA) is 99.1 Å². The van der Waals surface area contributed by atoms with Crippen LogP contribution >= 0.6 is 0 Å². The van der Waals surface area contributed by atoms with Crippen molar-refractivity contribution in [3.63, 3.8) is 0 Å². The molecule has 0 aliphatic carbocycles. The van der Waals surface area contributed by atoms with Gasteiger partial charge in [0.05, 0.1) is 11.5 Å². The van der Waals surface area contributed by atoms with E-state index in [0.717, 1.165) is 0 Å². The first-order chi connectivity index (χ1) is 6.75. The lowest BCUT2D eigenvalue weighted by Gasteiger charge is -2.22. The van der Waals surface area contributed by atoms with Gasteiger partial charge in [-0.2, -0.15) is 5.26 Å². The van der Waals surface area contributed by atoms with E-state index < -0.39 is 21.2 Å². The summed E-state index contributed by atoms with van der Waals surface area (Å²) in [6, 6.07) is 1.54. The summed E-state index contributed by atoms with van der Waals surface area (Å²) in [5, 5.41) is 10.7. The van der Waals surface area contributed by atoms with Crippen LogP contribution in [0, 0.1) is 16.7 Å². The van der Waals surface area contributed by atoms with Gasteiger partial charge in [-0.1, -0.05) is 0 Å². The summed E-state index contributed by atoms with van der Waals surface area (Å²) in [7, 11) is -2.12. The lowest BCUT2D eigenvalue weighted by Crippen LogP contribution is -2.44. The molecule has 0 radical (unpaired) electrons. The summed E-state index contributed by atoms with van der Waals surface area (Å²) in [5.41, 5.74) is -0.836. The highest BCUT2D eigenvalue weighted by Crippen LogP contribution is 2.13. The molecule has 7 heteroatoms. The van der Waals surface area contributed by atoms with E-state index in [1.165, 1.54) is 13.1 Å². The van der Waals surface area contributed by atoms with Gasteiger partial charge in [0.25, 0.3) is 0 Å². The normalized spacial score (nSPS) is 11.9. The minimum atomic E-state index is -3.60. The van der Waals surface area contributed by atoms with Crippen LogP contribution in [0.25, 0.3) is 0 Å². The fourth-order valence-electron chi connectivity index (χ4n) is 0.845. The summed E-state index contributed by atoms with van der Waals surface area (Å²) in [6.45, 7) is 3.19. The summed E-state index contributed by atoms with van der Waals surface area (Å²) in [5.74, 6) is -0.862. The van der Waals surface area contributed by atoms with Gasteiger partial charge < -0.3 is 5.32 Å². The van der Waals surface area contributed by atoms with Crippen molar-refractivity contribution in [3.05, 3.63) is 0 Å². The number of nitrogens with one attached hydrogen (secondary N) is 2. The number of hydrogen-bond acceptors (Lipinski definition) is 4. The second kappa shape index (κ2) is 5.09. The third kappa shape index (κ3) is 4.76. The molecule has 0 aromatic rings. The van der Waals surface area contributed by atoms with Gasteiger partial charge in [0.15, 0.2) is 5.75 Å². The summed E-state index contributed by atoms with van der Waals surface area (Å²) in [4.78, 5) is 11.3. The molecule has 0 saturated carbocycles. The van der Waals surface area contributed by atoms with Gasteiger partial charge in [-0.05, 0) is 13.8 Å². The van der Waals surface area contributed by atoms with Crippen molar-refractivity contribution in [1.29, 1.82) is 5.26 Å². The Morgan fingerprint density at radius 1 is 1.47 bits per heavy atom. The SMILES string of the molecule is CNC(=O)C(C)(C)CNS(=O)(=O)CC#N. The smallest absolute Gasteiger partial charge is 0.226 e. The van der Waals surface area contributed by atoms with E-state index in [1.807, 2.05) is 0 Å². The van der Waals surface area contributed by atoms with Gasteiger partial charge in [0.2, 0.25) is 15.9 Å². The van der Waals surface area contributed by atoms with E-state index >= 15 is 0 Å². The molecule has 1 amide bonds. The molecule has 0 fully saturated rings. The molecule has 0 unspecified atom stereocenters. The van der Waals surface area contributed by atoms with E-state index in [-0.39, 0.29) is 12.5 Å². The van der Waals surface area contributed by atoms with Crippen LogP contribution in [0.3, 0.4) is 0 Å². The average Bonchev–Trinajstić information content (AvgIpc) is 2.14. The number of carbonyl (C=O) groups is 1. The van der Waals surface area contributed by atoms with Crippen molar-refractivity contribution < 1.29 is 13.2 Å². The first-order valence-corrected chi connectivity index (χ1v) is 5.97. The van der Waals surface area contributed by atoms with E-state index in [9.17, 15) is 13.2 Å². The van der Waals surface area contributed by atoms with Crippen molar-refractivity contribution in [2.24, 2.45) is 5.41 Å². The standard InChI is InChI=1S/C8H15N3O3S/c1-8(2,7(12)10-3)6-11-15(13,14)5-4-9/h11H,5-6H2,1-3H3,(H,10,12). The van der Waals surface area contributed by atoms with Crippen molar-refractivity contribution in [2.75, 3.05) is 19.3 Å². The molecule has 0 bridgehead atoms. The van der Waals surface area contributed by atoms with Gasteiger partial charge in [-0.15, -0.1) is 0 Å². The molecule has 0 saturated heterocycles. The van der Waals surface area contributed by atoms with Crippen LogP contribution in [-0.2, 0) is 14.8 Å². The Hall–Kier alpha value is -1.13. The zero-order chi connectivity index (χ0) is 12.1. The monoisotopic (exact) mass is 233 g/mol. The van der Waals surface area contributed by atoms with Gasteiger partial charge in [0, 0.05) is 13.6 Å². The zero-order valence-corrected chi connectivity index (χ0v) is 9.81. The minimum absolute atomic E-state index is 0.0311. The van der Waals surface area contributed by atoms with E-state index in [2.05, 4.69) is 10.0 Å². The van der Waals surface area contributed by atoms with Crippen molar-refractivity contribution in [1.82, 2.24) is 10.0 Å². The number of nitriles is 1. The Morgan fingerprint density at radius 3 is 2.40 bits per heavy atom. The average molecular weight is 233 g/mol. The molecule has 0 atom stereocenters. The molecule has 0 aliphatic rings. The third-order valence-electron chi connectivity index (χ3n) is 1.83. The predicted molar refractivity (Wildman–Crippen MR) is 55.3 cm³/mol. The Morgan fingerprint density at radius 2 is 2.00 bits per heavy atom. The minimum Gasteiger partial charge on any atom is -0.359 e. The highest BCUT2D eigenvalue weighted by molar-refractivity contribution is 7.89. The summed E-state index contributed by atoms with van der Waals surface area (Å²) in [6.07, 6.45) is 0. The molecule has 0 rings (SSSR count). The highest BCUT2D eigenvalue weighted by Gasteiger charge is 2.28. The number of carbonyl (C=O) groups excluding carboxylic acids is 1. The number of nitrogens with zero attached hydrogens (tertiary/aromatic N) is 1. The van der Waals surface area contributed by atoms with Crippen LogP contribution in [0.5, 0.6) is 0 Å². The Labute approximate surface area is 89.7 Å². The van der Waals surface area contributed by atoms with Crippen LogP contribution in [0.2, 0.25) is 0 Å². The van der Waals surface area contributed by atoms with Crippen LogP contribution in [0.15, 0.2) is 0 Å². The molecular weight excluding hydrogens is 218 g/mol. The highest BCUT2D eigenvalue weighted by atomic mass is 32.2. The summed E-state index contributed by atoms with van der Waals surface area (Å²) >= 11 is 0. The first kappa shape index (κ1) is 13.9. The molecule has 0 aliphatic heterocycles. The first-order valence-electron chi connectivity index (χ1n) is 4.31. The maximum absolute atomic E-state index is 11.3. The second-order valence-electron chi connectivity index (χ2n) is 3.70. The van der Waals surface area contributed by atoms with Crippen molar-refractivity contribution in [2.45, 2.75) is 13.8 Å². The largest absolute Gasteiger partial charge is 0.359 e. The number of amides is 1. The molecule has 0 spiro atoms. The third-order valence-corrected chi connectivity index (χ3v) is 2.92. The van der Waals surface area contributed by atoms with Crippen molar-refractivity contribution in [3.8, 4) is 6.07 Å². The van der Waals surface area contributed by atoms with E-state index in [0.29, 0.717) is 0 Å². The molecule has 0 heterocycles. The van der Waals surface area contributed by atoms with Crippen LogP contribution in [0.1, 0.15) is 13.8 Å². The Kier molecular flexibility index (Phi) is 4.71. The van der Waals surface area contributed by atoms with Gasteiger partial charge in [0.1, 0.15) is 0 Å². The Balaban J connectivity index is 4.41. The number of sulfonamides is 1. The number of rotatable bonds is 5. The molecular formula is C8H15N3O3S. The second-order valence-corrected chi connectivity index (χ2v) is 5.51. The fraction of sp³-hybridized carbons (Fsp3) is 0.750. The fourth-order valence-corrected chi connectivity index (χ4v) is 1.70. The van der Waals surface area contributed by atoms with Gasteiger partial charge in [-0.3, -0.25) is 4.79 Å². The van der Waals surface area contributed by atoms with Crippen LogP contribution in [0.4, 0.5) is 0 Å². The molecule has 0 aromatic heterocycles. The maximum atomic E-state index is 11.3. The van der Waals surface area contributed by atoms with Gasteiger partial charge in [-0.25, -0.2) is 13.1 Å². The van der Waals surface area contributed by atoms with Crippen LogP contribution < -0.4 is 10.0 Å². The predicted octanol–water partition coefficient (Wildman–Crippen LogP) is -0.798. The van der Waals surface area contributed by atoms with Crippen molar-refractivity contribution >= 4 is 15.9 Å². The molecule has 2 N–H and O–H groups in total. The summed E-state index contributed by atoms with van der Waals surface area (Å²) < 4.78 is 24.4. The maximum Gasteiger partial charge on any atom is 0.226 e. The van der Waals surface area contributed by atoms with Gasteiger partial charge >= 0.3 is 0 Å². The molecule has 86 valence electrons. The molecule has 15 heavy (non-hydrogen) atoms. The quantitative estimate of drug-likeness (QED) is 0.649.